The van der Waals surface area contributed by atoms with E-state index in [0.29, 0.717) is 13.1 Å². The molecular formula is C4H10N2O2Si. The van der Waals surface area contributed by atoms with Crippen LogP contribution in [0, 0.1) is 0 Å². The van der Waals surface area contributed by atoms with E-state index in [2.05, 4.69) is 5.32 Å². The van der Waals surface area contributed by atoms with Gasteiger partial charge in [0, 0.05) is 6.54 Å². The van der Waals surface area contributed by atoms with Crippen LogP contribution in [0.3, 0.4) is 0 Å². The Balaban J connectivity index is 2.54. The molecule has 1 amide bonds. The van der Waals surface area contributed by atoms with Crippen molar-refractivity contribution in [1.82, 2.24) is 5.32 Å². The first kappa shape index (κ1) is 6.57. The lowest BCUT2D eigenvalue weighted by molar-refractivity contribution is 0.121. The van der Waals surface area contributed by atoms with Crippen molar-refractivity contribution in [2.45, 2.75) is 5.22 Å². The van der Waals surface area contributed by atoms with Crippen molar-refractivity contribution < 1.29 is 9.53 Å². The number of ether oxygens (including phenoxy) is 1. The molecule has 5 heteroatoms. The molecular weight excluding hydrogens is 136 g/mol. The van der Waals surface area contributed by atoms with Crippen LogP contribution in [-0.2, 0) is 4.74 Å². The molecule has 0 aromatic rings. The Kier molecular flexibility index (Phi) is 1.46. The molecule has 1 unspecified atom stereocenters. The van der Waals surface area contributed by atoms with Crippen molar-refractivity contribution in [3.05, 3.63) is 0 Å². The van der Waals surface area contributed by atoms with E-state index in [-0.39, 0.29) is 11.3 Å². The fourth-order valence-electron chi connectivity index (χ4n) is 0.669. The minimum atomic E-state index is -0.338. The van der Waals surface area contributed by atoms with Gasteiger partial charge in [-0.05, 0) is 0 Å². The average Bonchev–Trinajstić information content (AvgIpc) is 2.13. The molecule has 1 rings (SSSR count). The van der Waals surface area contributed by atoms with E-state index in [4.69, 9.17) is 10.5 Å². The SMILES string of the molecule is NCC1([SiH3])CNC(=O)O1. The van der Waals surface area contributed by atoms with Crippen LogP contribution in [0.25, 0.3) is 0 Å². The summed E-state index contributed by atoms with van der Waals surface area (Å²) >= 11 is 0. The summed E-state index contributed by atoms with van der Waals surface area (Å²) in [5, 5.41) is 2.22. The molecule has 1 heterocycles. The predicted octanol–water partition coefficient (Wildman–Crippen LogP) is -2.25. The number of carbonyl (C=O) groups is 1. The molecule has 0 aromatic heterocycles. The molecule has 1 atom stereocenters. The van der Waals surface area contributed by atoms with Crippen LogP contribution < -0.4 is 11.1 Å². The van der Waals surface area contributed by atoms with Gasteiger partial charge in [-0.1, -0.05) is 0 Å². The van der Waals surface area contributed by atoms with Crippen molar-refractivity contribution in [3.8, 4) is 0 Å². The number of hydrogen-bond donors (Lipinski definition) is 2. The molecule has 1 aliphatic heterocycles. The number of nitrogens with one attached hydrogen (secondary N) is 1. The van der Waals surface area contributed by atoms with Crippen molar-refractivity contribution in [1.29, 1.82) is 0 Å². The van der Waals surface area contributed by atoms with Gasteiger partial charge in [-0.2, -0.15) is 0 Å². The van der Waals surface area contributed by atoms with Gasteiger partial charge in [0.15, 0.2) is 0 Å². The summed E-state index contributed by atoms with van der Waals surface area (Å²) < 4.78 is 4.88. The molecule has 0 bridgehead atoms. The first-order chi connectivity index (χ1) is 4.16. The number of nitrogens with two attached hydrogens (primary N) is 1. The Hall–Kier alpha value is -0.553. The van der Waals surface area contributed by atoms with Gasteiger partial charge in [-0.3, -0.25) is 0 Å². The summed E-state index contributed by atoms with van der Waals surface area (Å²) in [6.07, 6.45) is -0.338. The van der Waals surface area contributed by atoms with E-state index in [9.17, 15) is 4.79 Å². The summed E-state index contributed by atoms with van der Waals surface area (Å²) in [4.78, 5) is 10.5. The third-order valence-corrected chi connectivity index (χ3v) is 2.34. The Morgan fingerprint density at radius 1 is 2.00 bits per heavy atom. The number of carbonyl (C=O) groups excluding carboxylic acids is 1. The minimum absolute atomic E-state index is 0.336. The van der Waals surface area contributed by atoms with E-state index in [0.717, 1.165) is 10.2 Å². The molecule has 0 radical (unpaired) electrons. The van der Waals surface area contributed by atoms with Crippen molar-refractivity contribution in [2.75, 3.05) is 13.1 Å². The minimum Gasteiger partial charge on any atom is -0.445 e. The number of amides is 1. The average molecular weight is 146 g/mol. The highest BCUT2D eigenvalue weighted by Crippen LogP contribution is 2.08. The largest absolute Gasteiger partial charge is 0.445 e. The molecule has 4 nitrogen and oxygen atoms in total. The summed E-state index contributed by atoms with van der Waals surface area (Å²) in [6, 6.07) is 0. The summed E-state index contributed by atoms with van der Waals surface area (Å²) in [5.74, 6) is 0. The number of cyclic esters (lactones) is 1. The normalized spacial score (nSPS) is 34.1. The van der Waals surface area contributed by atoms with E-state index in [1.54, 1.807) is 0 Å². The van der Waals surface area contributed by atoms with Crippen LogP contribution in [0.5, 0.6) is 0 Å². The topological polar surface area (TPSA) is 64.3 Å². The summed E-state index contributed by atoms with van der Waals surface area (Å²) in [6.45, 7) is 1.01. The van der Waals surface area contributed by atoms with Gasteiger partial charge in [-0.15, -0.1) is 0 Å². The highest BCUT2D eigenvalue weighted by molar-refractivity contribution is 6.16. The predicted molar refractivity (Wildman–Crippen MR) is 36.2 cm³/mol. The van der Waals surface area contributed by atoms with E-state index in [1.807, 2.05) is 0 Å². The molecule has 1 fully saturated rings. The maximum Gasteiger partial charge on any atom is 0.407 e. The zero-order chi connectivity index (χ0) is 6.91. The molecule has 0 aliphatic carbocycles. The third kappa shape index (κ3) is 1.22. The zero-order valence-corrected chi connectivity index (χ0v) is 7.31. The van der Waals surface area contributed by atoms with E-state index >= 15 is 0 Å². The number of rotatable bonds is 1. The molecule has 0 spiro atoms. The molecule has 9 heavy (non-hydrogen) atoms. The Bertz CT molecular complexity index is 141. The van der Waals surface area contributed by atoms with Gasteiger partial charge >= 0.3 is 6.09 Å². The molecule has 0 saturated carbocycles. The lowest BCUT2D eigenvalue weighted by Crippen LogP contribution is -2.41. The van der Waals surface area contributed by atoms with Crippen LogP contribution in [0.2, 0.25) is 0 Å². The van der Waals surface area contributed by atoms with Crippen molar-refractivity contribution in [2.24, 2.45) is 5.73 Å². The lowest BCUT2D eigenvalue weighted by Gasteiger charge is -2.17. The maximum absolute atomic E-state index is 10.5. The molecule has 0 aromatic carbocycles. The molecule has 1 aliphatic rings. The first-order valence-electron chi connectivity index (χ1n) is 2.83. The van der Waals surface area contributed by atoms with Gasteiger partial charge in [0.1, 0.15) is 5.22 Å². The second-order valence-corrected chi connectivity index (χ2v) is 4.22. The highest BCUT2D eigenvalue weighted by atomic mass is 28.1. The van der Waals surface area contributed by atoms with Crippen LogP contribution in [-0.4, -0.2) is 34.6 Å². The van der Waals surface area contributed by atoms with Crippen LogP contribution in [0.4, 0.5) is 4.79 Å². The second kappa shape index (κ2) is 2.00. The second-order valence-electron chi connectivity index (χ2n) is 2.40. The fraction of sp³-hybridized carbons (Fsp3) is 0.750. The molecule has 52 valence electrons. The maximum atomic E-state index is 10.5. The third-order valence-electron chi connectivity index (χ3n) is 1.38. The van der Waals surface area contributed by atoms with Gasteiger partial charge in [0.25, 0.3) is 0 Å². The van der Waals surface area contributed by atoms with Gasteiger partial charge in [0.2, 0.25) is 0 Å². The molecule has 3 N–H and O–H groups in total. The quantitative estimate of drug-likeness (QED) is 0.411. The first-order valence-corrected chi connectivity index (χ1v) is 3.83. The van der Waals surface area contributed by atoms with Gasteiger partial charge in [-0.25, -0.2) is 4.79 Å². The standard InChI is InChI=1S/C4H10N2O2Si/c5-1-4(9)2-6-3(7)8-4/h1-2,5H2,9H3,(H,6,7). The molecule has 1 saturated heterocycles. The number of alkyl carbamates (subject to hydrolysis) is 1. The summed E-state index contributed by atoms with van der Waals surface area (Å²) in [7, 11) is 0.791. The lowest BCUT2D eigenvalue weighted by atomic mass is 10.3. The Labute approximate surface area is 56.2 Å². The summed E-state index contributed by atoms with van der Waals surface area (Å²) in [5.41, 5.74) is 5.35. The van der Waals surface area contributed by atoms with E-state index in [1.165, 1.54) is 0 Å². The van der Waals surface area contributed by atoms with Crippen LogP contribution in [0.15, 0.2) is 0 Å². The van der Waals surface area contributed by atoms with Crippen LogP contribution in [0.1, 0.15) is 0 Å². The van der Waals surface area contributed by atoms with Crippen molar-refractivity contribution >= 4 is 16.3 Å². The fourth-order valence-corrected chi connectivity index (χ4v) is 1.03. The monoisotopic (exact) mass is 146 g/mol. The highest BCUT2D eigenvalue weighted by Gasteiger charge is 2.33. The zero-order valence-electron chi connectivity index (χ0n) is 5.31. The Morgan fingerprint density at radius 3 is 2.89 bits per heavy atom. The number of hydrogen-bond acceptors (Lipinski definition) is 3. The van der Waals surface area contributed by atoms with Crippen LogP contribution >= 0.6 is 0 Å². The van der Waals surface area contributed by atoms with Gasteiger partial charge < -0.3 is 15.8 Å². The van der Waals surface area contributed by atoms with Crippen molar-refractivity contribution in [3.63, 3.8) is 0 Å². The Morgan fingerprint density at radius 2 is 2.67 bits per heavy atom. The smallest absolute Gasteiger partial charge is 0.407 e. The van der Waals surface area contributed by atoms with Gasteiger partial charge in [0.05, 0.1) is 16.8 Å². The van der Waals surface area contributed by atoms with E-state index < -0.39 is 0 Å².